The zero-order valence-electron chi connectivity index (χ0n) is 20.5. The normalized spacial score (nSPS) is 14.8. The van der Waals surface area contributed by atoms with Gasteiger partial charge < -0.3 is 18.9 Å². The second kappa shape index (κ2) is 11.3. The van der Waals surface area contributed by atoms with Gasteiger partial charge in [-0.3, -0.25) is 4.79 Å². The summed E-state index contributed by atoms with van der Waals surface area (Å²) in [5.41, 5.74) is 2.52. The number of carbonyl (C=O) groups is 2. The monoisotopic (exact) mass is 538 g/mol. The van der Waals surface area contributed by atoms with Gasteiger partial charge in [0, 0.05) is 17.1 Å². The fourth-order valence-corrected chi connectivity index (χ4v) is 6.36. The van der Waals surface area contributed by atoms with Crippen LogP contribution in [0.15, 0.2) is 50.8 Å². The Kier molecular flexibility index (Phi) is 7.71. The molecule has 0 fully saturated rings. The van der Waals surface area contributed by atoms with Crippen LogP contribution in [0.25, 0.3) is 22.9 Å². The van der Waals surface area contributed by atoms with E-state index in [1.807, 2.05) is 0 Å². The van der Waals surface area contributed by atoms with Crippen LogP contribution in [0.2, 0.25) is 0 Å². The van der Waals surface area contributed by atoms with Gasteiger partial charge in [0.15, 0.2) is 17.2 Å². The van der Waals surface area contributed by atoms with Gasteiger partial charge in [0.05, 0.1) is 24.7 Å². The highest BCUT2D eigenvalue weighted by molar-refractivity contribution is 7.99. The number of nitrogens with zero attached hydrogens (tertiary/aromatic N) is 3. The minimum Gasteiger partial charge on any atom is -0.463 e. The summed E-state index contributed by atoms with van der Waals surface area (Å²) in [5, 5.41) is 12.4. The molecule has 4 heterocycles. The van der Waals surface area contributed by atoms with Gasteiger partial charge in [0.2, 0.25) is 11.1 Å². The van der Waals surface area contributed by atoms with Crippen molar-refractivity contribution in [1.82, 2.24) is 15.2 Å². The first kappa shape index (κ1) is 25.2. The van der Waals surface area contributed by atoms with Gasteiger partial charge in [0.25, 0.3) is 0 Å². The average Bonchev–Trinajstić information content (AvgIpc) is 3.65. The fourth-order valence-electron chi connectivity index (χ4n) is 4.22. The summed E-state index contributed by atoms with van der Waals surface area (Å²) in [6, 6.07) is 7.11. The van der Waals surface area contributed by atoms with Crippen molar-refractivity contribution in [1.29, 1.82) is 0 Å². The van der Waals surface area contributed by atoms with E-state index in [1.165, 1.54) is 23.1 Å². The minimum atomic E-state index is -0.374. The molecular formula is C26H26N4O5S2. The Morgan fingerprint density at radius 3 is 2.62 bits per heavy atom. The summed E-state index contributed by atoms with van der Waals surface area (Å²) < 4.78 is 16.3. The highest BCUT2D eigenvalue weighted by Crippen LogP contribution is 2.40. The molecule has 4 aromatic rings. The number of hydrogen-bond acceptors (Lipinski definition) is 10. The number of nitrogens with one attached hydrogen (secondary N) is 1. The molecule has 0 saturated heterocycles. The molecule has 1 atom stereocenters. The molecule has 5 rings (SSSR count). The van der Waals surface area contributed by atoms with Gasteiger partial charge in [-0.15, -0.1) is 21.5 Å². The molecule has 0 aliphatic heterocycles. The Labute approximate surface area is 222 Å². The van der Waals surface area contributed by atoms with Gasteiger partial charge in [-0.25, -0.2) is 9.78 Å². The van der Waals surface area contributed by atoms with Crippen LogP contribution in [0.4, 0.5) is 5.00 Å². The number of rotatable bonds is 9. The standard InChI is InChI=1S/C26H26N4O5S2/c1-3-33-25(32)21-16-9-8-15(2)14-19(16)37-24(21)27-20(31)10-13-36-26-28-22(17-6-4-11-34-17)23(29-30-26)18-7-5-12-35-18/h4-7,11-12,15H,3,8-10,13-14H2,1-2H3,(H,27,31). The number of thiophene rings is 1. The van der Waals surface area contributed by atoms with Crippen LogP contribution in [0.3, 0.4) is 0 Å². The van der Waals surface area contributed by atoms with Crippen LogP contribution in [-0.4, -0.2) is 39.4 Å². The first-order chi connectivity index (χ1) is 18.0. The molecular weight excluding hydrogens is 512 g/mol. The highest BCUT2D eigenvalue weighted by Gasteiger charge is 2.29. The lowest BCUT2D eigenvalue weighted by atomic mass is 9.88. The summed E-state index contributed by atoms with van der Waals surface area (Å²) >= 11 is 2.80. The molecule has 9 nitrogen and oxygen atoms in total. The summed E-state index contributed by atoms with van der Waals surface area (Å²) in [6.07, 6.45) is 6.09. The van der Waals surface area contributed by atoms with Gasteiger partial charge in [-0.1, -0.05) is 18.7 Å². The first-order valence-corrected chi connectivity index (χ1v) is 13.9. The number of carbonyl (C=O) groups excluding carboxylic acids is 2. The predicted octanol–water partition coefficient (Wildman–Crippen LogP) is 5.88. The van der Waals surface area contributed by atoms with Crippen molar-refractivity contribution in [3.8, 4) is 22.9 Å². The molecule has 0 bridgehead atoms. The molecule has 1 unspecified atom stereocenters. The van der Waals surface area contributed by atoms with E-state index in [0.717, 1.165) is 29.7 Å². The van der Waals surface area contributed by atoms with E-state index in [0.29, 0.717) is 50.3 Å². The maximum absolute atomic E-state index is 12.8. The zero-order chi connectivity index (χ0) is 25.8. The quantitative estimate of drug-likeness (QED) is 0.206. The van der Waals surface area contributed by atoms with E-state index in [2.05, 4.69) is 27.4 Å². The van der Waals surface area contributed by atoms with Crippen LogP contribution in [0.1, 0.15) is 47.5 Å². The second-order valence-corrected chi connectivity index (χ2v) is 10.8. The summed E-state index contributed by atoms with van der Waals surface area (Å²) in [7, 11) is 0. The van der Waals surface area contributed by atoms with Crippen LogP contribution >= 0.6 is 23.1 Å². The van der Waals surface area contributed by atoms with E-state index in [-0.39, 0.29) is 24.9 Å². The van der Waals surface area contributed by atoms with Gasteiger partial charge in [-0.2, -0.15) is 0 Å². The molecule has 1 amide bonds. The first-order valence-electron chi connectivity index (χ1n) is 12.1. The molecule has 1 aliphatic carbocycles. The van der Waals surface area contributed by atoms with E-state index in [9.17, 15) is 9.59 Å². The number of fused-ring (bicyclic) bond motifs is 1. The Hall–Kier alpha value is -3.44. The Morgan fingerprint density at radius 1 is 1.16 bits per heavy atom. The second-order valence-electron chi connectivity index (χ2n) is 8.67. The van der Waals surface area contributed by atoms with E-state index in [1.54, 1.807) is 43.7 Å². The number of esters is 1. The van der Waals surface area contributed by atoms with Gasteiger partial charge in [0.1, 0.15) is 10.7 Å². The van der Waals surface area contributed by atoms with Crippen molar-refractivity contribution in [2.24, 2.45) is 5.92 Å². The Bertz CT molecular complexity index is 1380. The zero-order valence-corrected chi connectivity index (χ0v) is 22.1. The topological polar surface area (TPSA) is 120 Å². The largest absolute Gasteiger partial charge is 0.463 e. The number of anilines is 1. The van der Waals surface area contributed by atoms with Crippen LogP contribution < -0.4 is 5.32 Å². The molecule has 0 saturated carbocycles. The van der Waals surface area contributed by atoms with Crippen molar-refractivity contribution >= 4 is 40.0 Å². The lowest BCUT2D eigenvalue weighted by Crippen LogP contribution is -2.17. The van der Waals surface area contributed by atoms with Gasteiger partial charge in [-0.05, 0) is 61.9 Å². The lowest BCUT2D eigenvalue weighted by molar-refractivity contribution is -0.115. The molecule has 0 radical (unpaired) electrons. The third-order valence-electron chi connectivity index (χ3n) is 5.98. The Morgan fingerprint density at radius 2 is 1.92 bits per heavy atom. The molecule has 11 heteroatoms. The van der Waals surface area contributed by atoms with E-state index in [4.69, 9.17) is 13.6 Å². The smallest absolute Gasteiger partial charge is 0.341 e. The maximum atomic E-state index is 12.8. The molecule has 4 aromatic heterocycles. The van der Waals surface area contributed by atoms with E-state index >= 15 is 0 Å². The SMILES string of the molecule is CCOC(=O)c1c(NC(=O)CCSc2nnc(-c3ccco3)c(-c3ccco3)n2)sc2c1CCC(C)C2. The van der Waals surface area contributed by atoms with Crippen molar-refractivity contribution in [3.05, 3.63) is 52.8 Å². The minimum absolute atomic E-state index is 0.184. The molecule has 1 N–H and O–H groups in total. The van der Waals surface area contributed by atoms with Crippen LogP contribution in [-0.2, 0) is 22.4 Å². The van der Waals surface area contributed by atoms with Crippen molar-refractivity contribution in [2.45, 2.75) is 44.7 Å². The van der Waals surface area contributed by atoms with Crippen molar-refractivity contribution in [2.75, 3.05) is 17.7 Å². The third kappa shape index (κ3) is 5.62. The molecule has 1 aliphatic rings. The summed E-state index contributed by atoms with van der Waals surface area (Å²) in [6.45, 7) is 4.28. The van der Waals surface area contributed by atoms with Gasteiger partial charge >= 0.3 is 5.97 Å². The Balaban J connectivity index is 1.26. The maximum Gasteiger partial charge on any atom is 0.341 e. The number of aromatic nitrogens is 3. The van der Waals surface area contributed by atoms with Crippen LogP contribution in [0.5, 0.6) is 0 Å². The lowest BCUT2D eigenvalue weighted by Gasteiger charge is -2.18. The van der Waals surface area contributed by atoms with Crippen molar-refractivity contribution in [3.63, 3.8) is 0 Å². The fraction of sp³-hybridized carbons (Fsp3) is 0.346. The number of furan rings is 2. The number of ether oxygens (including phenoxy) is 1. The van der Waals surface area contributed by atoms with E-state index < -0.39 is 0 Å². The molecule has 0 spiro atoms. The summed E-state index contributed by atoms with van der Waals surface area (Å²) in [4.78, 5) is 31.3. The van der Waals surface area contributed by atoms with Crippen molar-refractivity contribution < 1.29 is 23.2 Å². The average molecular weight is 539 g/mol. The van der Waals surface area contributed by atoms with Crippen LogP contribution in [0, 0.1) is 5.92 Å². The third-order valence-corrected chi connectivity index (χ3v) is 7.99. The summed E-state index contributed by atoms with van der Waals surface area (Å²) in [5.74, 6) is 1.51. The number of amides is 1. The molecule has 37 heavy (non-hydrogen) atoms. The number of thioether (sulfide) groups is 1. The molecule has 192 valence electrons. The number of hydrogen-bond donors (Lipinski definition) is 1. The predicted molar refractivity (Wildman–Crippen MR) is 141 cm³/mol. The molecule has 0 aromatic carbocycles. The highest BCUT2D eigenvalue weighted by atomic mass is 32.2.